The summed E-state index contributed by atoms with van der Waals surface area (Å²) >= 11 is 0. The monoisotopic (exact) mass is 306 g/mol. The molecule has 0 saturated heterocycles. The van der Waals surface area contributed by atoms with Crippen LogP contribution in [0.25, 0.3) is 0 Å². The molecule has 0 heterocycles. The number of rotatable bonds is 4. The molecule has 0 atom stereocenters. The number of nitrogens with one attached hydrogen (secondary N) is 1. The van der Waals surface area contributed by atoms with Crippen LogP contribution in [0.3, 0.4) is 0 Å². The predicted molar refractivity (Wildman–Crippen MR) is 78.1 cm³/mol. The maximum Gasteiger partial charge on any atom is 0.411 e. The zero-order valence-electron chi connectivity index (χ0n) is 11.0. The number of anilines is 1. The van der Waals surface area contributed by atoms with Crippen molar-refractivity contribution in [2.45, 2.75) is 11.5 Å². The first-order valence-corrected chi connectivity index (χ1v) is 7.60. The van der Waals surface area contributed by atoms with Crippen LogP contribution < -0.4 is 10.5 Å². The standard InChI is InChI=1S/C14H14N2O4S/c15-21(18,19)13-8-6-12(7-9-13)16-14(17)20-10-11-4-2-1-3-5-11/h1-9H,10H2,(H,16,17)(H2,15,18,19). The molecule has 0 aliphatic carbocycles. The van der Waals surface area contributed by atoms with Gasteiger partial charge in [0.15, 0.2) is 0 Å². The van der Waals surface area contributed by atoms with Gasteiger partial charge in [-0.3, -0.25) is 5.32 Å². The second-order valence-corrected chi connectivity index (χ2v) is 5.82. The number of benzene rings is 2. The Morgan fingerprint density at radius 2 is 1.67 bits per heavy atom. The van der Waals surface area contributed by atoms with E-state index in [-0.39, 0.29) is 11.5 Å². The fourth-order valence-electron chi connectivity index (χ4n) is 1.60. The molecule has 6 nitrogen and oxygen atoms in total. The lowest BCUT2D eigenvalue weighted by Crippen LogP contribution is -2.14. The lowest BCUT2D eigenvalue weighted by atomic mass is 10.2. The molecule has 0 aliphatic heterocycles. The number of nitrogens with two attached hydrogens (primary N) is 1. The summed E-state index contributed by atoms with van der Waals surface area (Å²) in [6.45, 7) is 0.155. The van der Waals surface area contributed by atoms with Gasteiger partial charge in [0, 0.05) is 5.69 Å². The summed E-state index contributed by atoms with van der Waals surface area (Å²) in [4.78, 5) is 11.6. The average molecular weight is 306 g/mol. The van der Waals surface area contributed by atoms with E-state index in [1.165, 1.54) is 24.3 Å². The maximum absolute atomic E-state index is 11.6. The molecule has 2 rings (SSSR count). The van der Waals surface area contributed by atoms with E-state index in [0.717, 1.165) is 5.56 Å². The Morgan fingerprint density at radius 1 is 1.05 bits per heavy atom. The molecule has 2 aromatic rings. The lowest BCUT2D eigenvalue weighted by molar-refractivity contribution is 0.155. The molecule has 0 fully saturated rings. The van der Waals surface area contributed by atoms with Gasteiger partial charge in [-0.05, 0) is 29.8 Å². The van der Waals surface area contributed by atoms with E-state index in [0.29, 0.717) is 5.69 Å². The highest BCUT2D eigenvalue weighted by Crippen LogP contribution is 2.13. The smallest absolute Gasteiger partial charge is 0.411 e. The van der Waals surface area contributed by atoms with E-state index in [1.54, 1.807) is 0 Å². The first-order valence-electron chi connectivity index (χ1n) is 6.06. The van der Waals surface area contributed by atoms with Crippen LogP contribution in [0.15, 0.2) is 59.5 Å². The van der Waals surface area contributed by atoms with Crippen LogP contribution in [0, 0.1) is 0 Å². The van der Waals surface area contributed by atoms with E-state index < -0.39 is 16.1 Å². The zero-order chi connectivity index (χ0) is 15.3. The summed E-state index contributed by atoms with van der Waals surface area (Å²) in [6.07, 6.45) is -0.623. The van der Waals surface area contributed by atoms with Gasteiger partial charge in [0.25, 0.3) is 0 Å². The van der Waals surface area contributed by atoms with Crippen molar-refractivity contribution in [3.63, 3.8) is 0 Å². The lowest BCUT2D eigenvalue weighted by Gasteiger charge is -2.07. The van der Waals surface area contributed by atoms with Crippen molar-refractivity contribution in [1.82, 2.24) is 0 Å². The van der Waals surface area contributed by atoms with Gasteiger partial charge in [-0.2, -0.15) is 0 Å². The minimum Gasteiger partial charge on any atom is -0.444 e. The van der Waals surface area contributed by atoms with Crippen LogP contribution in [-0.2, 0) is 21.4 Å². The first kappa shape index (κ1) is 15.0. The third kappa shape index (κ3) is 4.59. The van der Waals surface area contributed by atoms with E-state index >= 15 is 0 Å². The number of primary sulfonamides is 1. The molecular formula is C14H14N2O4S. The number of hydrogen-bond donors (Lipinski definition) is 2. The SMILES string of the molecule is NS(=O)(=O)c1ccc(NC(=O)OCc2ccccc2)cc1. The van der Waals surface area contributed by atoms with Crippen molar-refractivity contribution in [3.05, 3.63) is 60.2 Å². The Hall–Kier alpha value is -2.38. The maximum atomic E-state index is 11.6. The second-order valence-electron chi connectivity index (χ2n) is 4.26. The molecule has 0 radical (unpaired) electrons. The van der Waals surface area contributed by atoms with Crippen molar-refractivity contribution in [2.75, 3.05) is 5.32 Å². The predicted octanol–water partition coefficient (Wildman–Crippen LogP) is 2.08. The van der Waals surface area contributed by atoms with Gasteiger partial charge in [0.1, 0.15) is 6.61 Å². The normalized spacial score (nSPS) is 10.9. The van der Waals surface area contributed by atoms with Crippen molar-refractivity contribution < 1.29 is 17.9 Å². The van der Waals surface area contributed by atoms with E-state index in [9.17, 15) is 13.2 Å². The molecule has 21 heavy (non-hydrogen) atoms. The molecule has 0 unspecified atom stereocenters. The van der Waals surface area contributed by atoms with Crippen molar-refractivity contribution in [3.8, 4) is 0 Å². The quantitative estimate of drug-likeness (QED) is 0.903. The Labute approximate surface area is 122 Å². The Bertz CT molecular complexity index is 712. The highest BCUT2D eigenvalue weighted by molar-refractivity contribution is 7.89. The molecule has 1 amide bonds. The summed E-state index contributed by atoms with van der Waals surface area (Å²) in [5.74, 6) is 0. The highest BCUT2D eigenvalue weighted by Gasteiger charge is 2.08. The Kier molecular flexibility index (Phi) is 4.56. The van der Waals surface area contributed by atoms with Crippen molar-refractivity contribution in [1.29, 1.82) is 0 Å². The number of carbonyl (C=O) groups is 1. The Balaban J connectivity index is 1.91. The van der Waals surface area contributed by atoms with E-state index in [2.05, 4.69) is 5.32 Å². The van der Waals surface area contributed by atoms with Gasteiger partial charge in [0.05, 0.1) is 4.90 Å². The average Bonchev–Trinajstić information content (AvgIpc) is 2.46. The molecule has 0 aromatic heterocycles. The number of ether oxygens (including phenoxy) is 1. The number of carbonyl (C=O) groups excluding carboxylic acids is 1. The fourth-order valence-corrected chi connectivity index (χ4v) is 2.12. The summed E-state index contributed by atoms with van der Waals surface area (Å²) < 4.78 is 27.2. The molecule has 0 saturated carbocycles. The van der Waals surface area contributed by atoms with Crippen LogP contribution in [0.5, 0.6) is 0 Å². The van der Waals surface area contributed by atoms with Crippen molar-refractivity contribution in [2.24, 2.45) is 5.14 Å². The summed E-state index contributed by atoms with van der Waals surface area (Å²) in [5, 5.41) is 7.47. The largest absolute Gasteiger partial charge is 0.444 e. The highest BCUT2D eigenvalue weighted by atomic mass is 32.2. The topological polar surface area (TPSA) is 98.5 Å². The van der Waals surface area contributed by atoms with Crippen LogP contribution in [0.4, 0.5) is 10.5 Å². The number of hydrogen-bond acceptors (Lipinski definition) is 4. The molecule has 2 aromatic carbocycles. The third-order valence-corrected chi connectivity index (χ3v) is 3.57. The summed E-state index contributed by atoms with van der Waals surface area (Å²) in [6, 6.07) is 14.7. The van der Waals surface area contributed by atoms with Crippen LogP contribution in [0.1, 0.15) is 5.56 Å². The second kappa shape index (κ2) is 6.38. The number of sulfonamides is 1. The van der Waals surface area contributed by atoms with Crippen LogP contribution in [-0.4, -0.2) is 14.5 Å². The van der Waals surface area contributed by atoms with Gasteiger partial charge in [-0.1, -0.05) is 30.3 Å². The van der Waals surface area contributed by atoms with Crippen LogP contribution in [0.2, 0.25) is 0 Å². The molecule has 110 valence electrons. The molecule has 0 aliphatic rings. The molecule has 3 N–H and O–H groups in total. The van der Waals surface area contributed by atoms with Gasteiger partial charge in [-0.25, -0.2) is 18.4 Å². The third-order valence-electron chi connectivity index (χ3n) is 2.64. The molecule has 7 heteroatoms. The van der Waals surface area contributed by atoms with Crippen LogP contribution >= 0.6 is 0 Å². The minimum atomic E-state index is -3.74. The van der Waals surface area contributed by atoms with Crippen molar-refractivity contribution >= 4 is 21.8 Å². The fraction of sp³-hybridized carbons (Fsp3) is 0.0714. The molecule has 0 spiro atoms. The number of amides is 1. The van der Waals surface area contributed by atoms with E-state index in [1.807, 2.05) is 30.3 Å². The zero-order valence-corrected chi connectivity index (χ0v) is 11.8. The summed E-state index contributed by atoms with van der Waals surface area (Å²) in [7, 11) is -3.74. The Morgan fingerprint density at radius 3 is 2.24 bits per heavy atom. The first-order chi connectivity index (χ1) is 9.95. The van der Waals surface area contributed by atoms with Gasteiger partial charge in [0.2, 0.25) is 10.0 Å². The van der Waals surface area contributed by atoms with Gasteiger partial charge < -0.3 is 4.74 Å². The summed E-state index contributed by atoms with van der Waals surface area (Å²) in [5.41, 5.74) is 1.29. The van der Waals surface area contributed by atoms with Gasteiger partial charge in [-0.15, -0.1) is 0 Å². The van der Waals surface area contributed by atoms with E-state index in [4.69, 9.17) is 9.88 Å². The molecule has 0 bridgehead atoms. The van der Waals surface area contributed by atoms with Gasteiger partial charge >= 0.3 is 6.09 Å². The molecular weight excluding hydrogens is 292 g/mol. The minimum absolute atomic E-state index is 0.0225.